The Balaban J connectivity index is 1.69. The SMILES string of the molecule is C/C(=N\NC(=O)COc1ccc(Br)cc1C)C(c1ccccc1)c1ccccc1. The Morgan fingerprint density at radius 2 is 1.59 bits per heavy atom. The molecule has 1 amide bonds. The van der Waals surface area contributed by atoms with Crippen LogP contribution in [0.15, 0.2) is 88.4 Å². The summed E-state index contributed by atoms with van der Waals surface area (Å²) >= 11 is 3.42. The van der Waals surface area contributed by atoms with E-state index in [0.717, 1.165) is 26.9 Å². The van der Waals surface area contributed by atoms with Gasteiger partial charge in [0, 0.05) is 16.1 Å². The second-order valence-electron chi connectivity index (χ2n) is 6.74. The zero-order chi connectivity index (χ0) is 20.6. The largest absolute Gasteiger partial charge is 0.483 e. The number of rotatable bonds is 7. The van der Waals surface area contributed by atoms with Crippen LogP contribution in [-0.4, -0.2) is 18.2 Å². The van der Waals surface area contributed by atoms with Crippen LogP contribution in [0, 0.1) is 6.92 Å². The molecule has 0 radical (unpaired) electrons. The maximum atomic E-state index is 12.2. The molecule has 3 aromatic rings. The fourth-order valence-corrected chi connectivity index (χ4v) is 3.61. The maximum Gasteiger partial charge on any atom is 0.277 e. The Kier molecular flexibility index (Phi) is 7.19. The van der Waals surface area contributed by atoms with Gasteiger partial charge in [-0.15, -0.1) is 0 Å². The van der Waals surface area contributed by atoms with E-state index in [1.807, 2.05) is 68.4 Å². The molecule has 0 unspecified atom stereocenters. The summed E-state index contributed by atoms with van der Waals surface area (Å²) in [5, 5.41) is 4.36. The van der Waals surface area contributed by atoms with Crippen LogP contribution in [0.2, 0.25) is 0 Å². The number of nitrogens with zero attached hydrogens (tertiary/aromatic N) is 1. The van der Waals surface area contributed by atoms with Gasteiger partial charge in [-0.05, 0) is 48.7 Å². The van der Waals surface area contributed by atoms with Crippen molar-refractivity contribution < 1.29 is 9.53 Å². The monoisotopic (exact) mass is 450 g/mol. The first-order valence-corrected chi connectivity index (χ1v) is 10.2. The van der Waals surface area contributed by atoms with E-state index in [4.69, 9.17) is 4.74 Å². The van der Waals surface area contributed by atoms with Crippen molar-refractivity contribution in [2.24, 2.45) is 5.10 Å². The fourth-order valence-electron chi connectivity index (χ4n) is 3.13. The summed E-state index contributed by atoms with van der Waals surface area (Å²) < 4.78 is 6.59. The highest BCUT2D eigenvalue weighted by Crippen LogP contribution is 2.26. The third kappa shape index (κ3) is 5.78. The number of ether oxygens (including phenoxy) is 1. The second kappa shape index (κ2) is 10.0. The summed E-state index contributed by atoms with van der Waals surface area (Å²) in [6.07, 6.45) is 0. The fraction of sp³-hybridized carbons (Fsp3) is 0.167. The molecule has 4 nitrogen and oxygen atoms in total. The normalized spacial score (nSPS) is 11.4. The lowest BCUT2D eigenvalue weighted by Gasteiger charge is -2.18. The quantitative estimate of drug-likeness (QED) is 0.383. The predicted octanol–water partition coefficient (Wildman–Crippen LogP) is 5.46. The number of hydrogen-bond acceptors (Lipinski definition) is 3. The van der Waals surface area contributed by atoms with Crippen molar-refractivity contribution in [3.05, 3.63) is 100 Å². The van der Waals surface area contributed by atoms with Crippen LogP contribution < -0.4 is 10.2 Å². The number of benzene rings is 3. The number of amides is 1. The Bertz CT molecular complexity index is 949. The van der Waals surface area contributed by atoms with E-state index in [0.29, 0.717) is 5.75 Å². The third-order valence-corrected chi connectivity index (χ3v) is 5.03. The van der Waals surface area contributed by atoms with Crippen molar-refractivity contribution in [2.75, 3.05) is 6.61 Å². The molecule has 0 bridgehead atoms. The molecule has 0 aromatic heterocycles. The average molecular weight is 451 g/mol. The Hall–Kier alpha value is -2.92. The molecule has 0 aliphatic heterocycles. The highest BCUT2D eigenvalue weighted by molar-refractivity contribution is 9.10. The van der Waals surface area contributed by atoms with Crippen LogP contribution in [0.25, 0.3) is 0 Å². The van der Waals surface area contributed by atoms with Gasteiger partial charge in [0.2, 0.25) is 0 Å². The summed E-state index contributed by atoms with van der Waals surface area (Å²) in [6.45, 7) is 3.76. The molecule has 3 rings (SSSR count). The standard InChI is InChI=1S/C24H23BrN2O2/c1-17-15-21(25)13-14-22(17)29-16-23(28)27-26-18(2)24(19-9-5-3-6-10-19)20-11-7-4-8-12-20/h3-15,24H,16H2,1-2H3,(H,27,28)/b26-18+. The van der Waals surface area contributed by atoms with Crippen LogP contribution >= 0.6 is 15.9 Å². The second-order valence-corrected chi connectivity index (χ2v) is 7.66. The summed E-state index contributed by atoms with van der Waals surface area (Å²) in [5.74, 6) is 0.342. The van der Waals surface area contributed by atoms with Gasteiger partial charge in [0.15, 0.2) is 6.61 Å². The molecule has 0 spiro atoms. The Labute approximate surface area is 179 Å². The highest BCUT2D eigenvalue weighted by Gasteiger charge is 2.17. The van der Waals surface area contributed by atoms with Gasteiger partial charge in [-0.2, -0.15) is 5.10 Å². The lowest BCUT2D eigenvalue weighted by atomic mass is 9.88. The zero-order valence-corrected chi connectivity index (χ0v) is 18.0. The maximum absolute atomic E-state index is 12.2. The Morgan fingerprint density at radius 3 is 2.14 bits per heavy atom. The van der Waals surface area contributed by atoms with Crippen molar-refractivity contribution >= 4 is 27.5 Å². The van der Waals surface area contributed by atoms with E-state index < -0.39 is 0 Å². The van der Waals surface area contributed by atoms with Crippen LogP contribution in [0.3, 0.4) is 0 Å². The van der Waals surface area contributed by atoms with E-state index in [1.54, 1.807) is 0 Å². The minimum Gasteiger partial charge on any atom is -0.483 e. The molecule has 0 saturated carbocycles. The van der Waals surface area contributed by atoms with Gasteiger partial charge in [0.25, 0.3) is 5.91 Å². The van der Waals surface area contributed by atoms with Crippen LogP contribution in [-0.2, 0) is 4.79 Å². The van der Waals surface area contributed by atoms with Crippen molar-refractivity contribution in [3.8, 4) is 5.75 Å². The smallest absolute Gasteiger partial charge is 0.277 e. The Morgan fingerprint density at radius 1 is 1.00 bits per heavy atom. The number of carbonyl (C=O) groups excluding carboxylic acids is 1. The molecular formula is C24H23BrN2O2. The molecule has 148 valence electrons. The van der Waals surface area contributed by atoms with E-state index in [1.165, 1.54) is 0 Å². The van der Waals surface area contributed by atoms with Crippen molar-refractivity contribution in [1.82, 2.24) is 5.43 Å². The summed E-state index contributed by atoms with van der Waals surface area (Å²) in [6, 6.07) is 25.9. The summed E-state index contributed by atoms with van der Waals surface area (Å²) in [5.41, 5.74) is 6.62. The van der Waals surface area contributed by atoms with Gasteiger partial charge in [-0.3, -0.25) is 4.79 Å². The molecule has 0 atom stereocenters. The molecule has 0 fully saturated rings. The molecule has 3 aromatic carbocycles. The van der Waals surface area contributed by atoms with Crippen molar-refractivity contribution in [1.29, 1.82) is 0 Å². The minimum absolute atomic E-state index is 0.0349. The summed E-state index contributed by atoms with van der Waals surface area (Å²) in [7, 11) is 0. The third-order valence-electron chi connectivity index (χ3n) is 4.54. The van der Waals surface area contributed by atoms with Gasteiger partial charge < -0.3 is 4.74 Å². The van der Waals surface area contributed by atoms with Gasteiger partial charge in [0.05, 0.1) is 0 Å². The lowest BCUT2D eigenvalue weighted by molar-refractivity contribution is -0.123. The van der Waals surface area contributed by atoms with Crippen LogP contribution in [0.5, 0.6) is 5.75 Å². The van der Waals surface area contributed by atoms with Crippen molar-refractivity contribution in [3.63, 3.8) is 0 Å². The lowest BCUT2D eigenvalue weighted by Crippen LogP contribution is -2.26. The van der Waals surface area contributed by atoms with Crippen LogP contribution in [0.1, 0.15) is 29.5 Å². The van der Waals surface area contributed by atoms with Gasteiger partial charge in [0.1, 0.15) is 5.75 Å². The number of aryl methyl sites for hydroxylation is 1. The zero-order valence-electron chi connectivity index (χ0n) is 16.4. The number of nitrogens with one attached hydrogen (secondary N) is 1. The first-order valence-electron chi connectivity index (χ1n) is 9.36. The molecule has 0 saturated heterocycles. The summed E-state index contributed by atoms with van der Waals surface area (Å²) in [4.78, 5) is 12.2. The predicted molar refractivity (Wildman–Crippen MR) is 120 cm³/mol. The molecule has 0 heterocycles. The first kappa shape index (κ1) is 20.8. The molecule has 0 aliphatic rings. The van der Waals surface area contributed by atoms with Crippen LogP contribution in [0.4, 0.5) is 0 Å². The number of carbonyl (C=O) groups is 1. The average Bonchev–Trinajstić information content (AvgIpc) is 2.73. The molecule has 0 aliphatic carbocycles. The number of hydrazone groups is 1. The van der Waals surface area contributed by atoms with Crippen molar-refractivity contribution in [2.45, 2.75) is 19.8 Å². The molecule has 29 heavy (non-hydrogen) atoms. The van der Waals surface area contributed by atoms with E-state index >= 15 is 0 Å². The number of halogens is 1. The van der Waals surface area contributed by atoms with Gasteiger partial charge in [-0.25, -0.2) is 5.43 Å². The highest BCUT2D eigenvalue weighted by atomic mass is 79.9. The van der Waals surface area contributed by atoms with Gasteiger partial charge in [-0.1, -0.05) is 76.6 Å². The van der Waals surface area contributed by atoms with E-state index in [-0.39, 0.29) is 18.4 Å². The molecular weight excluding hydrogens is 428 g/mol. The molecule has 5 heteroatoms. The van der Waals surface area contributed by atoms with E-state index in [9.17, 15) is 4.79 Å². The number of hydrogen-bond donors (Lipinski definition) is 1. The minimum atomic E-state index is -0.299. The van der Waals surface area contributed by atoms with Gasteiger partial charge >= 0.3 is 0 Å². The van der Waals surface area contributed by atoms with E-state index in [2.05, 4.69) is 50.7 Å². The molecule has 1 N–H and O–H groups in total. The first-order chi connectivity index (χ1) is 14.0. The topological polar surface area (TPSA) is 50.7 Å².